The standard InChI is InChI=1S/C29H36O2/c1-4-5-6-7-8-11-22-31-27-20-18-26(19-21-27)29-13-10-9-12-28(29)25-16-14-24(15-17-25)23(2)30-3/h9-10,12-21,23H,4-8,11,22H2,1-3H3. The highest BCUT2D eigenvalue weighted by Gasteiger charge is 2.09. The van der Waals surface area contributed by atoms with Gasteiger partial charge in [-0.1, -0.05) is 99.7 Å². The summed E-state index contributed by atoms with van der Waals surface area (Å²) in [6.07, 6.45) is 7.80. The van der Waals surface area contributed by atoms with Crippen molar-refractivity contribution in [2.24, 2.45) is 0 Å². The van der Waals surface area contributed by atoms with Crippen LogP contribution in [0, 0.1) is 0 Å². The largest absolute Gasteiger partial charge is 0.494 e. The number of benzene rings is 3. The summed E-state index contributed by atoms with van der Waals surface area (Å²) in [6, 6.07) is 25.8. The zero-order valence-corrected chi connectivity index (χ0v) is 19.3. The summed E-state index contributed by atoms with van der Waals surface area (Å²) in [4.78, 5) is 0. The van der Waals surface area contributed by atoms with E-state index in [1.807, 2.05) is 0 Å². The lowest BCUT2D eigenvalue weighted by Gasteiger charge is -2.13. The van der Waals surface area contributed by atoms with Gasteiger partial charge in [0, 0.05) is 7.11 Å². The van der Waals surface area contributed by atoms with E-state index in [-0.39, 0.29) is 6.10 Å². The maximum atomic E-state index is 5.95. The van der Waals surface area contributed by atoms with Crippen LogP contribution in [-0.4, -0.2) is 13.7 Å². The molecule has 0 aromatic heterocycles. The van der Waals surface area contributed by atoms with Gasteiger partial charge in [0.15, 0.2) is 0 Å². The lowest BCUT2D eigenvalue weighted by atomic mass is 9.94. The Morgan fingerprint density at radius 3 is 1.81 bits per heavy atom. The fourth-order valence-corrected chi connectivity index (χ4v) is 3.86. The summed E-state index contributed by atoms with van der Waals surface area (Å²) < 4.78 is 11.4. The van der Waals surface area contributed by atoms with Gasteiger partial charge in [-0.3, -0.25) is 0 Å². The molecule has 0 bridgehead atoms. The van der Waals surface area contributed by atoms with Crippen molar-refractivity contribution in [1.82, 2.24) is 0 Å². The Kier molecular flexibility index (Phi) is 9.17. The van der Waals surface area contributed by atoms with Gasteiger partial charge in [-0.2, -0.15) is 0 Å². The summed E-state index contributed by atoms with van der Waals surface area (Å²) in [5, 5.41) is 0. The van der Waals surface area contributed by atoms with Gasteiger partial charge in [0.25, 0.3) is 0 Å². The van der Waals surface area contributed by atoms with E-state index in [9.17, 15) is 0 Å². The van der Waals surface area contributed by atoms with Gasteiger partial charge in [0.1, 0.15) is 5.75 Å². The van der Waals surface area contributed by atoms with Gasteiger partial charge < -0.3 is 9.47 Å². The van der Waals surface area contributed by atoms with Crippen molar-refractivity contribution in [1.29, 1.82) is 0 Å². The topological polar surface area (TPSA) is 18.5 Å². The minimum absolute atomic E-state index is 0.105. The zero-order chi connectivity index (χ0) is 21.9. The molecule has 1 unspecified atom stereocenters. The second-order valence-corrected chi connectivity index (χ2v) is 8.19. The van der Waals surface area contributed by atoms with Crippen LogP contribution in [0.15, 0.2) is 72.8 Å². The molecular formula is C29H36O2. The quantitative estimate of drug-likeness (QED) is 0.276. The summed E-state index contributed by atoms with van der Waals surface area (Å²) in [6.45, 7) is 5.12. The molecule has 0 radical (unpaired) electrons. The Balaban J connectivity index is 1.64. The van der Waals surface area contributed by atoms with Crippen molar-refractivity contribution in [2.75, 3.05) is 13.7 Å². The number of ether oxygens (including phenoxy) is 2. The number of rotatable bonds is 12. The predicted octanol–water partition coefficient (Wildman–Crippen LogP) is 8.47. The Hall–Kier alpha value is -2.58. The number of unbranched alkanes of at least 4 members (excludes halogenated alkanes) is 5. The van der Waals surface area contributed by atoms with Gasteiger partial charge in [0.05, 0.1) is 12.7 Å². The van der Waals surface area contributed by atoms with Crippen molar-refractivity contribution in [2.45, 2.75) is 58.5 Å². The Bertz CT molecular complexity index is 897. The maximum absolute atomic E-state index is 5.95. The van der Waals surface area contributed by atoms with Crippen molar-refractivity contribution >= 4 is 0 Å². The molecule has 2 heteroatoms. The van der Waals surface area contributed by atoms with Crippen molar-refractivity contribution in [3.8, 4) is 28.0 Å². The molecule has 0 aliphatic heterocycles. The lowest BCUT2D eigenvalue weighted by Crippen LogP contribution is -1.97. The minimum Gasteiger partial charge on any atom is -0.494 e. The maximum Gasteiger partial charge on any atom is 0.119 e. The van der Waals surface area contributed by atoms with Crippen molar-refractivity contribution < 1.29 is 9.47 Å². The molecule has 0 heterocycles. The zero-order valence-electron chi connectivity index (χ0n) is 19.3. The van der Waals surface area contributed by atoms with E-state index in [0.717, 1.165) is 18.8 Å². The SMILES string of the molecule is CCCCCCCCOc1ccc(-c2ccccc2-c2ccc(C(C)OC)cc2)cc1. The normalized spacial score (nSPS) is 12.0. The van der Waals surface area contributed by atoms with Gasteiger partial charge in [0.2, 0.25) is 0 Å². The molecule has 164 valence electrons. The van der Waals surface area contributed by atoms with E-state index < -0.39 is 0 Å². The Morgan fingerprint density at radius 1 is 0.677 bits per heavy atom. The molecule has 0 spiro atoms. The molecule has 0 fully saturated rings. The summed E-state index contributed by atoms with van der Waals surface area (Å²) in [7, 11) is 1.74. The second-order valence-electron chi connectivity index (χ2n) is 8.19. The first-order valence-electron chi connectivity index (χ1n) is 11.7. The Morgan fingerprint density at radius 2 is 1.23 bits per heavy atom. The first kappa shape index (κ1) is 23.1. The van der Waals surface area contributed by atoms with Gasteiger partial charge >= 0.3 is 0 Å². The molecule has 3 aromatic carbocycles. The van der Waals surface area contributed by atoms with E-state index in [0.29, 0.717) is 0 Å². The molecule has 0 saturated carbocycles. The molecule has 0 aliphatic carbocycles. The first-order valence-corrected chi connectivity index (χ1v) is 11.7. The van der Waals surface area contributed by atoms with E-state index in [1.165, 1.54) is 59.9 Å². The van der Waals surface area contributed by atoms with Crippen LogP contribution < -0.4 is 4.74 Å². The molecule has 3 rings (SSSR count). The molecular weight excluding hydrogens is 380 g/mol. The molecule has 2 nitrogen and oxygen atoms in total. The molecule has 0 amide bonds. The van der Waals surface area contributed by atoms with Crippen LogP contribution in [0.2, 0.25) is 0 Å². The molecule has 31 heavy (non-hydrogen) atoms. The fourth-order valence-electron chi connectivity index (χ4n) is 3.86. The third-order valence-corrected chi connectivity index (χ3v) is 5.90. The molecule has 3 aromatic rings. The van der Waals surface area contributed by atoms with E-state index >= 15 is 0 Å². The molecule has 0 saturated heterocycles. The number of hydrogen-bond donors (Lipinski definition) is 0. The minimum atomic E-state index is 0.105. The highest BCUT2D eigenvalue weighted by atomic mass is 16.5. The molecule has 1 atom stereocenters. The average molecular weight is 417 g/mol. The van der Waals surface area contributed by atoms with Crippen LogP contribution in [0.25, 0.3) is 22.3 Å². The van der Waals surface area contributed by atoms with Gasteiger partial charge in [-0.15, -0.1) is 0 Å². The Labute approximate surface area is 188 Å². The summed E-state index contributed by atoms with van der Waals surface area (Å²) in [5.41, 5.74) is 6.08. The van der Waals surface area contributed by atoms with E-state index in [2.05, 4.69) is 86.6 Å². The molecule has 0 N–H and O–H groups in total. The first-order chi connectivity index (χ1) is 15.2. The average Bonchev–Trinajstić information content (AvgIpc) is 2.83. The number of methoxy groups -OCH3 is 1. The van der Waals surface area contributed by atoms with E-state index in [1.54, 1.807) is 7.11 Å². The van der Waals surface area contributed by atoms with Crippen LogP contribution in [0.5, 0.6) is 5.75 Å². The highest BCUT2D eigenvalue weighted by Crippen LogP contribution is 2.33. The fraction of sp³-hybridized carbons (Fsp3) is 0.379. The second kappa shape index (κ2) is 12.3. The third-order valence-electron chi connectivity index (χ3n) is 5.90. The van der Waals surface area contributed by atoms with Crippen LogP contribution in [-0.2, 0) is 4.74 Å². The summed E-state index contributed by atoms with van der Waals surface area (Å²) >= 11 is 0. The van der Waals surface area contributed by atoms with Gasteiger partial charge in [-0.25, -0.2) is 0 Å². The van der Waals surface area contributed by atoms with Crippen LogP contribution in [0.4, 0.5) is 0 Å². The number of hydrogen-bond acceptors (Lipinski definition) is 2. The lowest BCUT2D eigenvalue weighted by molar-refractivity contribution is 0.119. The van der Waals surface area contributed by atoms with Crippen LogP contribution in [0.3, 0.4) is 0 Å². The summed E-state index contributed by atoms with van der Waals surface area (Å²) in [5.74, 6) is 0.952. The third kappa shape index (κ3) is 6.70. The monoisotopic (exact) mass is 416 g/mol. The van der Waals surface area contributed by atoms with Gasteiger partial charge in [-0.05, 0) is 53.3 Å². The van der Waals surface area contributed by atoms with Crippen molar-refractivity contribution in [3.05, 3.63) is 78.4 Å². The molecule has 0 aliphatic rings. The van der Waals surface area contributed by atoms with E-state index in [4.69, 9.17) is 9.47 Å². The van der Waals surface area contributed by atoms with Crippen molar-refractivity contribution in [3.63, 3.8) is 0 Å². The van der Waals surface area contributed by atoms with Crippen LogP contribution in [0.1, 0.15) is 64.0 Å². The highest BCUT2D eigenvalue weighted by molar-refractivity contribution is 5.83. The smallest absolute Gasteiger partial charge is 0.119 e. The van der Waals surface area contributed by atoms with Crippen LogP contribution >= 0.6 is 0 Å². The predicted molar refractivity (Wildman–Crippen MR) is 132 cm³/mol.